The van der Waals surface area contributed by atoms with Gasteiger partial charge in [0.15, 0.2) is 0 Å². The fourth-order valence-electron chi connectivity index (χ4n) is 1.15. The van der Waals surface area contributed by atoms with Gasteiger partial charge in [0.05, 0.1) is 22.1 Å². The Bertz CT molecular complexity index is 450. The van der Waals surface area contributed by atoms with Gasteiger partial charge >= 0.3 is 0 Å². The van der Waals surface area contributed by atoms with Crippen LogP contribution in [0, 0.1) is 10.1 Å². The van der Waals surface area contributed by atoms with E-state index in [4.69, 9.17) is 16.7 Å². The Labute approximate surface area is 102 Å². The molecule has 0 aromatic heterocycles. The Morgan fingerprint density at radius 3 is 2.76 bits per heavy atom. The fraction of sp³-hybridized carbons (Fsp3) is 0.300. The second-order valence-corrected chi connectivity index (χ2v) is 3.89. The molecule has 1 unspecified atom stereocenters. The predicted molar refractivity (Wildman–Crippen MR) is 62.1 cm³/mol. The van der Waals surface area contributed by atoms with E-state index in [1.807, 2.05) is 0 Å². The van der Waals surface area contributed by atoms with Crippen LogP contribution < -0.4 is 5.32 Å². The lowest BCUT2D eigenvalue weighted by molar-refractivity contribution is -0.384. The number of nitro benzene ring substituents is 1. The van der Waals surface area contributed by atoms with Crippen LogP contribution in [0.3, 0.4) is 0 Å². The van der Waals surface area contributed by atoms with Crippen LogP contribution in [0.5, 0.6) is 0 Å². The zero-order chi connectivity index (χ0) is 13.0. The van der Waals surface area contributed by atoms with Gasteiger partial charge in [-0.2, -0.15) is 0 Å². The summed E-state index contributed by atoms with van der Waals surface area (Å²) in [5.41, 5.74) is -0.0423. The molecule has 1 amide bonds. The van der Waals surface area contributed by atoms with E-state index >= 15 is 0 Å². The Hall–Kier alpha value is -1.66. The zero-order valence-corrected chi connectivity index (χ0v) is 9.77. The number of halogens is 1. The quantitative estimate of drug-likeness (QED) is 0.630. The molecule has 0 aliphatic carbocycles. The van der Waals surface area contributed by atoms with Crippen molar-refractivity contribution >= 4 is 23.2 Å². The molecule has 2 N–H and O–H groups in total. The summed E-state index contributed by atoms with van der Waals surface area (Å²) < 4.78 is 0. The summed E-state index contributed by atoms with van der Waals surface area (Å²) in [7, 11) is 0. The number of non-ortho nitro benzene ring substituents is 1. The second kappa shape index (κ2) is 5.60. The van der Waals surface area contributed by atoms with Gasteiger partial charge in [0.2, 0.25) is 0 Å². The van der Waals surface area contributed by atoms with E-state index in [1.54, 1.807) is 6.92 Å². The summed E-state index contributed by atoms with van der Waals surface area (Å²) in [4.78, 5) is 21.5. The van der Waals surface area contributed by atoms with Crippen LogP contribution in [0.4, 0.5) is 5.69 Å². The number of amides is 1. The monoisotopic (exact) mass is 258 g/mol. The molecule has 0 bridgehead atoms. The number of carbonyl (C=O) groups is 1. The summed E-state index contributed by atoms with van der Waals surface area (Å²) in [6.07, 6.45) is 0. The molecule has 1 aromatic carbocycles. The van der Waals surface area contributed by atoms with Crippen molar-refractivity contribution in [3.05, 3.63) is 38.9 Å². The number of nitro groups is 1. The van der Waals surface area contributed by atoms with E-state index in [-0.39, 0.29) is 22.9 Å². The molecular formula is C10H11ClN2O4. The van der Waals surface area contributed by atoms with Crippen molar-refractivity contribution in [1.29, 1.82) is 0 Å². The number of nitrogens with one attached hydrogen (secondary N) is 1. The first-order valence-electron chi connectivity index (χ1n) is 4.81. The van der Waals surface area contributed by atoms with Crippen LogP contribution in [0.1, 0.15) is 17.3 Å². The van der Waals surface area contributed by atoms with Crippen LogP contribution in [0.15, 0.2) is 18.2 Å². The number of benzene rings is 1. The number of carbonyl (C=O) groups excluding carboxylic acids is 1. The van der Waals surface area contributed by atoms with Gasteiger partial charge in [0.25, 0.3) is 11.6 Å². The maximum Gasteiger partial charge on any atom is 0.270 e. The lowest BCUT2D eigenvalue weighted by Gasteiger charge is -2.11. The Kier molecular flexibility index (Phi) is 4.42. The normalized spacial score (nSPS) is 11.9. The number of aliphatic hydroxyl groups is 1. The molecule has 17 heavy (non-hydrogen) atoms. The molecule has 0 spiro atoms. The molecule has 1 rings (SSSR count). The largest absolute Gasteiger partial charge is 0.394 e. The Morgan fingerprint density at radius 1 is 1.65 bits per heavy atom. The smallest absolute Gasteiger partial charge is 0.270 e. The summed E-state index contributed by atoms with van der Waals surface area (Å²) in [6.45, 7) is 1.42. The number of nitrogens with zero attached hydrogens (tertiary/aromatic N) is 1. The lowest BCUT2D eigenvalue weighted by Crippen LogP contribution is -2.35. The highest BCUT2D eigenvalue weighted by Gasteiger charge is 2.15. The maximum absolute atomic E-state index is 11.6. The van der Waals surface area contributed by atoms with E-state index in [0.717, 1.165) is 6.07 Å². The zero-order valence-electron chi connectivity index (χ0n) is 9.01. The Morgan fingerprint density at radius 2 is 2.29 bits per heavy atom. The molecule has 7 heteroatoms. The molecule has 0 aliphatic rings. The van der Waals surface area contributed by atoms with Crippen molar-refractivity contribution in [2.45, 2.75) is 13.0 Å². The highest BCUT2D eigenvalue weighted by atomic mass is 35.5. The highest BCUT2D eigenvalue weighted by Crippen LogP contribution is 2.22. The molecule has 0 aliphatic heterocycles. The van der Waals surface area contributed by atoms with Gasteiger partial charge in [-0.05, 0) is 13.0 Å². The van der Waals surface area contributed by atoms with Crippen molar-refractivity contribution in [3.63, 3.8) is 0 Å². The van der Waals surface area contributed by atoms with Gasteiger partial charge < -0.3 is 10.4 Å². The van der Waals surface area contributed by atoms with E-state index in [1.165, 1.54) is 12.1 Å². The van der Waals surface area contributed by atoms with Gasteiger partial charge in [-0.1, -0.05) is 11.6 Å². The third kappa shape index (κ3) is 3.40. The predicted octanol–water partition coefficient (Wildman–Crippen LogP) is 1.36. The van der Waals surface area contributed by atoms with Crippen molar-refractivity contribution in [2.24, 2.45) is 0 Å². The topological polar surface area (TPSA) is 92.5 Å². The van der Waals surface area contributed by atoms with E-state index < -0.39 is 16.9 Å². The summed E-state index contributed by atoms with van der Waals surface area (Å²) in [6, 6.07) is 3.18. The number of rotatable bonds is 4. The lowest BCUT2D eigenvalue weighted by atomic mass is 10.2. The summed E-state index contributed by atoms with van der Waals surface area (Å²) in [5.74, 6) is -0.480. The molecule has 6 nitrogen and oxygen atoms in total. The standard InChI is InChI=1S/C10H11ClN2O4/c1-6(5-14)12-10(15)8-3-2-7(13(16)17)4-9(8)11/h2-4,6,14H,5H2,1H3,(H,12,15). The molecule has 0 heterocycles. The second-order valence-electron chi connectivity index (χ2n) is 3.48. The number of aliphatic hydroxyl groups excluding tert-OH is 1. The van der Waals surface area contributed by atoms with Crippen molar-refractivity contribution < 1.29 is 14.8 Å². The van der Waals surface area contributed by atoms with Crippen LogP contribution >= 0.6 is 11.6 Å². The fourth-order valence-corrected chi connectivity index (χ4v) is 1.41. The molecular weight excluding hydrogens is 248 g/mol. The first-order chi connectivity index (χ1) is 7.95. The maximum atomic E-state index is 11.6. The molecule has 1 aromatic rings. The van der Waals surface area contributed by atoms with Gasteiger partial charge in [0, 0.05) is 18.2 Å². The first-order valence-corrected chi connectivity index (χ1v) is 5.19. The van der Waals surface area contributed by atoms with Gasteiger partial charge in [-0.3, -0.25) is 14.9 Å². The number of hydrogen-bond acceptors (Lipinski definition) is 4. The molecule has 0 radical (unpaired) electrons. The molecule has 0 saturated heterocycles. The van der Waals surface area contributed by atoms with Crippen molar-refractivity contribution in [1.82, 2.24) is 5.32 Å². The SMILES string of the molecule is CC(CO)NC(=O)c1ccc([N+](=O)[O-])cc1Cl. The van der Waals surface area contributed by atoms with Crippen LogP contribution in [-0.4, -0.2) is 28.6 Å². The first kappa shape index (κ1) is 13.4. The molecule has 92 valence electrons. The van der Waals surface area contributed by atoms with Gasteiger partial charge in [0.1, 0.15) is 0 Å². The Balaban J connectivity index is 2.92. The minimum absolute atomic E-state index is 0.00170. The van der Waals surface area contributed by atoms with Crippen LogP contribution in [0.2, 0.25) is 5.02 Å². The van der Waals surface area contributed by atoms with Crippen molar-refractivity contribution in [3.8, 4) is 0 Å². The minimum Gasteiger partial charge on any atom is -0.394 e. The third-order valence-corrected chi connectivity index (χ3v) is 2.37. The minimum atomic E-state index is -0.593. The van der Waals surface area contributed by atoms with Crippen molar-refractivity contribution in [2.75, 3.05) is 6.61 Å². The highest BCUT2D eigenvalue weighted by molar-refractivity contribution is 6.34. The van der Waals surface area contributed by atoms with E-state index in [2.05, 4.69) is 5.32 Å². The average molecular weight is 259 g/mol. The average Bonchev–Trinajstić information content (AvgIpc) is 2.28. The molecule has 1 atom stereocenters. The van der Waals surface area contributed by atoms with E-state index in [9.17, 15) is 14.9 Å². The van der Waals surface area contributed by atoms with Crippen LogP contribution in [0.25, 0.3) is 0 Å². The summed E-state index contributed by atoms with van der Waals surface area (Å²) >= 11 is 5.77. The van der Waals surface area contributed by atoms with Gasteiger partial charge in [-0.15, -0.1) is 0 Å². The third-order valence-electron chi connectivity index (χ3n) is 2.06. The van der Waals surface area contributed by atoms with E-state index in [0.29, 0.717) is 0 Å². The molecule has 0 fully saturated rings. The van der Waals surface area contributed by atoms with Gasteiger partial charge in [-0.25, -0.2) is 0 Å². The molecule has 0 saturated carbocycles. The number of hydrogen-bond donors (Lipinski definition) is 2. The summed E-state index contributed by atoms with van der Waals surface area (Å²) in [5, 5.41) is 21.7. The van der Waals surface area contributed by atoms with Crippen LogP contribution in [-0.2, 0) is 0 Å².